The molecule has 0 bridgehead atoms. The molecular formula is C15H15N3. The minimum Gasteiger partial charge on any atom is -0.342 e. The lowest BCUT2D eigenvalue weighted by Gasteiger charge is -1.97. The van der Waals surface area contributed by atoms with Gasteiger partial charge in [-0.2, -0.15) is 0 Å². The van der Waals surface area contributed by atoms with Gasteiger partial charge in [0.15, 0.2) is 0 Å². The number of aromatic nitrogens is 3. The molecule has 3 aromatic rings. The lowest BCUT2D eigenvalue weighted by molar-refractivity contribution is 1.03. The second-order valence-electron chi connectivity index (χ2n) is 4.67. The number of imidazole rings is 1. The van der Waals surface area contributed by atoms with E-state index in [4.69, 9.17) is 0 Å². The monoisotopic (exact) mass is 237 g/mol. The van der Waals surface area contributed by atoms with Crippen molar-refractivity contribution in [3.63, 3.8) is 0 Å². The molecule has 0 radical (unpaired) electrons. The fourth-order valence-corrected chi connectivity index (χ4v) is 2.10. The molecule has 3 nitrogen and oxygen atoms in total. The summed E-state index contributed by atoms with van der Waals surface area (Å²) in [4.78, 5) is 12.0. The zero-order chi connectivity index (χ0) is 12.5. The van der Waals surface area contributed by atoms with E-state index in [9.17, 15) is 0 Å². The van der Waals surface area contributed by atoms with Gasteiger partial charge < -0.3 is 4.98 Å². The maximum atomic E-state index is 4.63. The Morgan fingerprint density at radius 2 is 1.78 bits per heavy atom. The molecule has 0 amide bonds. The summed E-state index contributed by atoms with van der Waals surface area (Å²) in [6.45, 7) is 4.24. The van der Waals surface area contributed by atoms with Gasteiger partial charge in [0.05, 0.1) is 11.0 Å². The van der Waals surface area contributed by atoms with Crippen molar-refractivity contribution in [3.05, 3.63) is 59.2 Å². The van der Waals surface area contributed by atoms with Crippen molar-refractivity contribution in [2.75, 3.05) is 0 Å². The van der Waals surface area contributed by atoms with E-state index in [0.717, 1.165) is 23.3 Å². The Kier molecular flexibility index (Phi) is 2.59. The average Bonchev–Trinajstić information content (AvgIpc) is 2.72. The van der Waals surface area contributed by atoms with E-state index in [1.165, 1.54) is 16.7 Å². The normalized spacial score (nSPS) is 11.0. The number of aryl methyl sites for hydroxylation is 2. The zero-order valence-electron chi connectivity index (χ0n) is 10.6. The first-order valence-corrected chi connectivity index (χ1v) is 6.07. The van der Waals surface area contributed by atoms with Crippen LogP contribution in [0, 0.1) is 13.8 Å². The van der Waals surface area contributed by atoms with Crippen LogP contribution in [0.2, 0.25) is 0 Å². The molecule has 2 aromatic heterocycles. The van der Waals surface area contributed by atoms with Crippen LogP contribution in [0.15, 0.2) is 36.7 Å². The highest BCUT2D eigenvalue weighted by Gasteiger charge is 2.05. The molecule has 0 unspecified atom stereocenters. The van der Waals surface area contributed by atoms with Crippen LogP contribution in [0.25, 0.3) is 11.0 Å². The van der Waals surface area contributed by atoms with E-state index < -0.39 is 0 Å². The molecule has 0 spiro atoms. The van der Waals surface area contributed by atoms with Crippen molar-refractivity contribution in [2.24, 2.45) is 0 Å². The van der Waals surface area contributed by atoms with Crippen molar-refractivity contribution in [3.8, 4) is 0 Å². The maximum Gasteiger partial charge on any atom is 0.111 e. The lowest BCUT2D eigenvalue weighted by atomic mass is 10.1. The summed E-state index contributed by atoms with van der Waals surface area (Å²) in [5, 5.41) is 0. The second kappa shape index (κ2) is 4.26. The van der Waals surface area contributed by atoms with Crippen molar-refractivity contribution >= 4 is 11.0 Å². The Morgan fingerprint density at radius 1 is 1.06 bits per heavy atom. The van der Waals surface area contributed by atoms with Gasteiger partial charge in [0.25, 0.3) is 0 Å². The van der Waals surface area contributed by atoms with Gasteiger partial charge >= 0.3 is 0 Å². The molecule has 0 saturated carbocycles. The first-order chi connectivity index (χ1) is 8.72. The molecule has 2 heterocycles. The summed E-state index contributed by atoms with van der Waals surface area (Å²) in [5.74, 6) is 1.00. The Morgan fingerprint density at radius 3 is 2.56 bits per heavy atom. The smallest absolute Gasteiger partial charge is 0.111 e. The van der Waals surface area contributed by atoms with Crippen LogP contribution in [-0.4, -0.2) is 15.0 Å². The van der Waals surface area contributed by atoms with Crippen LogP contribution < -0.4 is 0 Å². The van der Waals surface area contributed by atoms with E-state index >= 15 is 0 Å². The van der Waals surface area contributed by atoms with Crippen molar-refractivity contribution in [1.82, 2.24) is 15.0 Å². The molecule has 1 aromatic carbocycles. The van der Waals surface area contributed by atoms with Gasteiger partial charge in [-0.1, -0.05) is 0 Å². The predicted octanol–water partition coefficient (Wildman–Crippen LogP) is 3.17. The highest BCUT2D eigenvalue weighted by molar-refractivity contribution is 5.77. The Balaban J connectivity index is 1.99. The summed E-state index contributed by atoms with van der Waals surface area (Å²) >= 11 is 0. The largest absolute Gasteiger partial charge is 0.342 e. The standard InChI is InChI=1S/C15H15N3/c1-10-7-13-14(8-11(10)2)18-15(17-13)9-12-3-5-16-6-4-12/h3-8H,9H2,1-2H3,(H,17,18). The minimum atomic E-state index is 0.815. The molecule has 18 heavy (non-hydrogen) atoms. The van der Waals surface area contributed by atoms with Crippen molar-refractivity contribution in [2.45, 2.75) is 20.3 Å². The summed E-state index contributed by atoms with van der Waals surface area (Å²) in [6, 6.07) is 8.33. The van der Waals surface area contributed by atoms with Crippen LogP contribution in [0.5, 0.6) is 0 Å². The summed E-state index contributed by atoms with van der Waals surface area (Å²) in [6.07, 6.45) is 4.44. The fraction of sp³-hybridized carbons (Fsp3) is 0.200. The van der Waals surface area contributed by atoms with Gasteiger partial charge in [0, 0.05) is 18.8 Å². The fourth-order valence-electron chi connectivity index (χ4n) is 2.10. The number of hydrogen-bond acceptors (Lipinski definition) is 2. The first-order valence-electron chi connectivity index (χ1n) is 6.07. The third-order valence-corrected chi connectivity index (χ3v) is 3.27. The van der Waals surface area contributed by atoms with Gasteiger partial charge in [-0.25, -0.2) is 4.98 Å². The van der Waals surface area contributed by atoms with Crippen LogP contribution in [0.1, 0.15) is 22.5 Å². The highest BCUT2D eigenvalue weighted by atomic mass is 14.9. The summed E-state index contributed by atoms with van der Waals surface area (Å²) in [7, 11) is 0. The maximum absolute atomic E-state index is 4.63. The predicted molar refractivity (Wildman–Crippen MR) is 72.6 cm³/mol. The number of pyridine rings is 1. The SMILES string of the molecule is Cc1cc2nc(Cc3ccncc3)[nH]c2cc1C. The van der Waals surface area contributed by atoms with Gasteiger partial charge in [0.2, 0.25) is 0 Å². The molecule has 3 heteroatoms. The minimum absolute atomic E-state index is 0.815. The molecule has 3 rings (SSSR count). The van der Waals surface area contributed by atoms with Gasteiger partial charge in [-0.15, -0.1) is 0 Å². The van der Waals surface area contributed by atoms with Crippen molar-refractivity contribution < 1.29 is 0 Å². The number of aromatic amines is 1. The van der Waals surface area contributed by atoms with E-state index in [0.29, 0.717) is 0 Å². The second-order valence-corrected chi connectivity index (χ2v) is 4.67. The molecule has 0 aliphatic carbocycles. The molecule has 1 N–H and O–H groups in total. The Hall–Kier alpha value is -2.16. The first kappa shape index (κ1) is 11.0. The number of H-pyrrole nitrogens is 1. The number of rotatable bonds is 2. The third kappa shape index (κ3) is 1.99. The molecular weight excluding hydrogens is 222 g/mol. The zero-order valence-corrected chi connectivity index (χ0v) is 10.6. The molecule has 90 valence electrons. The van der Waals surface area contributed by atoms with Crippen LogP contribution in [0.3, 0.4) is 0 Å². The highest BCUT2D eigenvalue weighted by Crippen LogP contribution is 2.18. The molecule has 0 aliphatic rings. The van der Waals surface area contributed by atoms with Crippen LogP contribution in [0.4, 0.5) is 0 Å². The van der Waals surface area contributed by atoms with Crippen molar-refractivity contribution in [1.29, 1.82) is 0 Å². The van der Waals surface area contributed by atoms with Crippen LogP contribution >= 0.6 is 0 Å². The number of hydrogen-bond donors (Lipinski definition) is 1. The van der Waals surface area contributed by atoms with Crippen LogP contribution in [-0.2, 0) is 6.42 Å². The molecule has 0 fully saturated rings. The molecule has 0 saturated heterocycles. The van der Waals surface area contributed by atoms with Gasteiger partial charge in [-0.05, 0) is 54.8 Å². The number of nitrogens with zero attached hydrogens (tertiary/aromatic N) is 2. The third-order valence-electron chi connectivity index (χ3n) is 3.27. The molecule has 0 atom stereocenters. The quantitative estimate of drug-likeness (QED) is 0.743. The topological polar surface area (TPSA) is 41.6 Å². The summed E-state index contributed by atoms with van der Waals surface area (Å²) < 4.78 is 0. The number of nitrogens with one attached hydrogen (secondary N) is 1. The van der Waals surface area contributed by atoms with E-state index in [2.05, 4.69) is 40.9 Å². The average molecular weight is 237 g/mol. The lowest BCUT2D eigenvalue weighted by Crippen LogP contribution is -1.90. The Labute approximate surface area is 106 Å². The van der Waals surface area contributed by atoms with Gasteiger partial charge in [-0.3, -0.25) is 4.98 Å². The number of benzene rings is 1. The van der Waals surface area contributed by atoms with E-state index in [-0.39, 0.29) is 0 Å². The molecule has 0 aliphatic heterocycles. The number of fused-ring (bicyclic) bond motifs is 1. The Bertz CT molecular complexity index is 645. The van der Waals surface area contributed by atoms with E-state index in [1.54, 1.807) is 0 Å². The van der Waals surface area contributed by atoms with Gasteiger partial charge in [0.1, 0.15) is 5.82 Å². The summed E-state index contributed by atoms with van der Waals surface area (Å²) in [5.41, 5.74) is 5.95. The van der Waals surface area contributed by atoms with E-state index in [1.807, 2.05) is 24.5 Å².